The molecule has 3 N–H and O–H groups in total. The maximum Gasteiger partial charge on any atom is 0.254 e. The van der Waals surface area contributed by atoms with Crippen LogP contribution in [0, 0.1) is 17.8 Å². The Morgan fingerprint density at radius 3 is 3.00 bits per heavy atom. The van der Waals surface area contributed by atoms with Crippen LogP contribution in [0.25, 0.3) is 5.57 Å². The number of aliphatic hydroxyl groups excluding tert-OH is 2. The molecule has 0 radical (unpaired) electrons. The second-order valence-electron chi connectivity index (χ2n) is 5.56. The van der Waals surface area contributed by atoms with Gasteiger partial charge in [0.1, 0.15) is 0 Å². The summed E-state index contributed by atoms with van der Waals surface area (Å²) in [6.45, 7) is 2.00. The van der Waals surface area contributed by atoms with Gasteiger partial charge >= 0.3 is 0 Å². The Kier molecular flexibility index (Phi) is 3.03. The van der Waals surface area contributed by atoms with Crippen molar-refractivity contribution in [3.63, 3.8) is 0 Å². The first-order valence-electron chi connectivity index (χ1n) is 6.69. The van der Waals surface area contributed by atoms with Crippen molar-refractivity contribution in [2.24, 2.45) is 17.8 Å². The fourth-order valence-corrected chi connectivity index (χ4v) is 3.44. The van der Waals surface area contributed by atoms with Gasteiger partial charge in [-0.15, -0.1) is 0 Å². The molecule has 1 heterocycles. The third kappa shape index (κ3) is 1.84. The monoisotopic (exact) mass is 262 g/mol. The van der Waals surface area contributed by atoms with E-state index in [0.29, 0.717) is 12.0 Å². The van der Waals surface area contributed by atoms with Gasteiger partial charge in [-0.3, -0.25) is 4.79 Å². The molecule has 0 spiro atoms. The van der Waals surface area contributed by atoms with E-state index in [1.165, 1.54) is 6.33 Å². The van der Waals surface area contributed by atoms with Crippen molar-refractivity contribution in [1.29, 1.82) is 0 Å². The zero-order valence-electron chi connectivity index (χ0n) is 10.8. The van der Waals surface area contributed by atoms with E-state index in [2.05, 4.69) is 9.97 Å². The van der Waals surface area contributed by atoms with Crippen LogP contribution in [0.5, 0.6) is 0 Å². The zero-order chi connectivity index (χ0) is 13.6. The standard InChI is InChI=1S/C14H18N2O3/c1-7-11(4-8(5-17)13(7)18)9-2-3-10-12(9)15-6-16-14(10)19/h2,6-8,11,13,17-18H,3-5H2,1H3,(H,15,16,19)/t7-,8+,11+,13-/m0/s1. The highest BCUT2D eigenvalue weighted by Gasteiger charge is 2.42. The summed E-state index contributed by atoms with van der Waals surface area (Å²) in [5.74, 6) is 0.171. The Morgan fingerprint density at radius 2 is 2.32 bits per heavy atom. The van der Waals surface area contributed by atoms with E-state index in [4.69, 9.17) is 0 Å². The fraction of sp³-hybridized carbons (Fsp3) is 0.571. The molecule has 0 bridgehead atoms. The Bertz CT molecular complexity index is 578. The van der Waals surface area contributed by atoms with Crippen molar-refractivity contribution in [3.8, 4) is 0 Å². The Balaban J connectivity index is 1.95. The predicted molar refractivity (Wildman–Crippen MR) is 70.4 cm³/mol. The summed E-state index contributed by atoms with van der Waals surface area (Å²) >= 11 is 0. The van der Waals surface area contributed by atoms with Gasteiger partial charge in [-0.25, -0.2) is 4.98 Å². The predicted octanol–water partition coefficient (Wildman–Crippen LogP) is 0.335. The van der Waals surface area contributed by atoms with Crippen molar-refractivity contribution in [1.82, 2.24) is 9.97 Å². The zero-order valence-corrected chi connectivity index (χ0v) is 10.8. The average molecular weight is 262 g/mol. The van der Waals surface area contributed by atoms with Crippen LogP contribution in [0.3, 0.4) is 0 Å². The molecule has 0 aliphatic heterocycles. The Morgan fingerprint density at radius 1 is 1.53 bits per heavy atom. The van der Waals surface area contributed by atoms with Gasteiger partial charge < -0.3 is 15.2 Å². The largest absolute Gasteiger partial charge is 0.396 e. The van der Waals surface area contributed by atoms with Gasteiger partial charge in [-0.2, -0.15) is 0 Å². The van der Waals surface area contributed by atoms with Crippen LogP contribution in [0.4, 0.5) is 0 Å². The number of fused-ring (bicyclic) bond motifs is 1. The molecule has 2 aliphatic carbocycles. The minimum Gasteiger partial charge on any atom is -0.396 e. The van der Waals surface area contributed by atoms with Crippen LogP contribution < -0.4 is 5.56 Å². The maximum absolute atomic E-state index is 11.7. The first-order chi connectivity index (χ1) is 9.13. The van der Waals surface area contributed by atoms with Gasteiger partial charge in [-0.05, 0) is 30.3 Å². The molecule has 5 heteroatoms. The highest BCUT2D eigenvalue weighted by molar-refractivity contribution is 5.71. The topological polar surface area (TPSA) is 86.2 Å². The lowest BCUT2D eigenvalue weighted by atomic mass is 9.88. The van der Waals surface area contributed by atoms with Gasteiger partial charge in [0, 0.05) is 18.1 Å². The molecule has 102 valence electrons. The minimum absolute atomic E-state index is 0.00491. The normalized spacial score (nSPS) is 33.3. The van der Waals surface area contributed by atoms with Crippen LogP contribution in [-0.4, -0.2) is 32.9 Å². The third-order valence-electron chi connectivity index (χ3n) is 4.60. The molecule has 19 heavy (non-hydrogen) atoms. The first-order valence-corrected chi connectivity index (χ1v) is 6.69. The van der Waals surface area contributed by atoms with Crippen LogP contribution in [0.2, 0.25) is 0 Å². The summed E-state index contributed by atoms with van der Waals surface area (Å²) in [7, 11) is 0. The molecular weight excluding hydrogens is 244 g/mol. The summed E-state index contributed by atoms with van der Waals surface area (Å²) in [5, 5.41) is 19.4. The van der Waals surface area contributed by atoms with E-state index in [0.717, 1.165) is 17.7 Å². The van der Waals surface area contributed by atoms with Crippen LogP contribution in [-0.2, 0) is 6.42 Å². The summed E-state index contributed by atoms with van der Waals surface area (Å²) in [5.41, 5.74) is 2.46. The van der Waals surface area contributed by atoms with Gasteiger partial charge in [-0.1, -0.05) is 13.0 Å². The molecule has 0 amide bonds. The summed E-state index contributed by atoms with van der Waals surface area (Å²) < 4.78 is 0. The highest BCUT2D eigenvalue weighted by atomic mass is 16.3. The third-order valence-corrected chi connectivity index (χ3v) is 4.60. The lowest BCUT2D eigenvalue weighted by molar-refractivity contribution is 0.0645. The summed E-state index contributed by atoms with van der Waals surface area (Å²) in [6.07, 6.45) is 4.35. The number of nitrogens with zero attached hydrogens (tertiary/aromatic N) is 1. The van der Waals surface area contributed by atoms with E-state index < -0.39 is 6.10 Å². The second-order valence-corrected chi connectivity index (χ2v) is 5.56. The average Bonchev–Trinajstić information content (AvgIpc) is 2.94. The fourth-order valence-electron chi connectivity index (χ4n) is 3.44. The summed E-state index contributed by atoms with van der Waals surface area (Å²) in [4.78, 5) is 18.6. The van der Waals surface area contributed by atoms with E-state index in [1.54, 1.807) is 0 Å². The van der Waals surface area contributed by atoms with Crippen LogP contribution >= 0.6 is 0 Å². The van der Waals surface area contributed by atoms with Gasteiger partial charge in [0.25, 0.3) is 5.56 Å². The van der Waals surface area contributed by atoms with Crippen LogP contribution in [0.15, 0.2) is 17.2 Å². The number of aromatic amines is 1. The van der Waals surface area contributed by atoms with Crippen molar-refractivity contribution < 1.29 is 10.2 Å². The highest BCUT2D eigenvalue weighted by Crippen LogP contribution is 2.45. The molecule has 1 saturated carbocycles. The number of hydrogen-bond acceptors (Lipinski definition) is 4. The number of hydrogen-bond donors (Lipinski definition) is 3. The van der Waals surface area contributed by atoms with E-state index in [9.17, 15) is 15.0 Å². The van der Waals surface area contributed by atoms with Crippen molar-refractivity contribution in [2.75, 3.05) is 6.61 Å². The minimum atomic E-state index is -0.484. The molecule has 0 unspecified atom stereocenters. The van der Waals surface area contributed by atoms with Crippen LogP contribution in [0.1, 0.15) is 24.6 Å². The van der Waals surface area contributed by atoms with Crippen molar-refractivity contribution in [2.45, 2.75) is 25.9 Å². The molecule has 0 aromatic carbocycles. The van der Waals surface area contributed by atoms with Gasteiger partial charge in [0.05, 0.1) is 18.1 Å². The van der Waals surface area contributed by atoms with Gasteiger partial charge in [0.2, 0.25) is 0 Å². The van der Waals surface area contributed by atoms with Crippen molar-refractivity contribution in [3.05, 3.63) is 34.0 Å². The molecule has 0 saturated heterocycles. The molecule has 5 nitrogen and oxygen atoms in total. The number of allylic oxidation sites excluding steroid dienone is 2. The molecule has 1 fully saturated rings. The summed E-state index contributed by atoms with van der Waals surface area (Å²) in [6, 6.07) is 0. The maximum atomic E-state index is 11.7. The second kappa shape index (κ2) is 4.58. The molecule has 3 rings (SSSR count). The van der Waals surface area contributed by atoms with E-state index in [1.807, 2.05) is 13.0 Å². The van der Waals surface area contributed by atoms with Crippen molar-refractivity contribution >= 4 is 5.57 Å². The lowest BCUT2D eigenvalue weighted by Crippen LogP contribution is -2.23. The number of nitrogens with one attached hydrogen (secondary N) is 1. The Labute approximate surface area is 111 Å². The van der Waals surface area contributed by atoms with E-state index in [-0.39, 0.29) is 29.9 Å². The first kappa shape index (κ1) is 12.6. The SMILES string of the molecule is C[C@@H]1[C@H](O)[C@@H](CO)C[C@H]1C1=CCc2c1nc[nH]c2=O. The number of aliphatic hydroxyl groups is 2. The lowest BCUT2D eigenvalue weighted by Gasteiger charge is -2.19. The molecule has 1 aromatic heterocycles. The van der Waals surface area contributed by atoms with E-state index >= 15 is 0 Å². The molecular formula is C14H18N2O3. The number of aromatic nitrogens is 2. The number of H-pyrrole nitrogens is 1. The molecule has 4 atom stereocenters. The smallest absolute Gasteiger partial charge is 0.254 e. The van der Waals surface area contributed by atoms with Gasteiger partial charge in [0.15, 0.2) is 0 Å². The number of rotatable bonds is 2. The molecule has 2 aliphatic rings. The quantitative estimate of drug-likeness (QED) is 0.717. The Hall–Kier alpha value is -1.46. The molecule has 1 aromatic rings.